The van der Waals surface area contributed by atoms with Crippen LogP contribution in [0, 0.1) is 10.1 Å². The molecule has 20 heavy (non-hydrogen) atoms. The van der Waals surface area contributed by atoms with E-state index in [9.17, 15) is 10.1 Å². The molecule has 2 aromatic carbocycles. The predicted molar refractivity (Wildman–Crippen MR) is 78.0 cm³/mol. The molecule has 0 fully saturated rings. The van der Waals surface area contributed by atoms with Crippen LogP contribution in [-0.4, -0.2) is 11.5 Å². The van der Waals surface area contributed by atoms with Gasteiger partial charge in [0.25, 0.3) is 5.69 Å². The van der Waals surface area contributed by atoms with Crippen LogP contribution in [0.4, 0.5) is 5.69 Å². The van der Waals surface area contributed by atoms with Crippen molar-refractivity contribution in [2.75, 3.05) is 6.61 Å². The van der Waals surface area contributed by atoms with Crippen molar-refractivity contribution in [2.45, 2.75) is 6.42 Å². The second-order valence-corrected chi connectivity index (χ2v) is 4.31. The van der Waals surface area contributed by atoms with Crippen molar-refractivity contribution in [1.82, 2.24) is 0 Å². The Morgan fingerprint density at radius 1 is 1.20 bits per heavy atom. The van der Waals surface area contributed by atoms with Gasteiger partial charge in [0.05, 0.1) is 4.92 Å². The lowest BCUT2D eigenvalue weighted by Gasteiger charge is -2.10. The molecule has 0 heterocycles. The molecular formula is C16H15NO3. The molecule has 2 rings (SSSR count). The van der Waals surface area contributed by atoms with Gasteiger partial charge >= 0.3 is 0 Å². The maximum absolute atomic E-state index is 10.9. The lowest BCUT2D eigenvalue weighted by atomic mass is 10.0. The van der Waals surface area contributed by atoms with E-state index in [-0.39, 0.29) is 5.69 Å². The van der Waals surface area contributed by atoms with Gasteiger partial charge in [0.2, 0.25) is 0 Å². The van der Waals surface area contributed by atoms with Crippen molar-refractivity contribution in [2.24, 2.45) is 0 Å². The highest BCUT2D eigenvalue weighted by molar-refractivity contribution is 5.46. The van der Waals surface area contributed by atoms with Crippen LogP contribution in [-0.2, 0) is 6.42 Å². The van der Waals surface area contributed by atoms with E-state index in [4.69, 9.17) is 4.74 Å². The molecule has 0 aliphatic heterocycles. The van der Waals surface area contributed by atoms with Gasteiger partial charge in [-0.25, -0.2) is 0 Å². The zero-order valence-electron chi connectivity index (χ0n) is 11.0. The average molecular weight is 269 g/mol. The molecule has 0 N–H and O–H groups in total. The summed E-state index contributed by atoms with van der Waals surface area (Å²) in [5, 5.41) is 10.9. The number of nitrogens with zero attached hydrogens (tertiary/aromatic N) is 1. The first kappa shape index (κ1) is 13.8. The molecule has 4 heteroatoms. The molecule has 0 atom stereocenters. The van der Waals surface area contributed by atoms with Gasteiger partial charge in [0.1, 0.15) is 12.4 Å². The average Bonchev–Trinajstić information content (AvgIpc) is 2.47. The van der Waals surface area contributed by atoms with Crippen LogP contribution in [0.25, 0.3) is 0 Å². The Labute approximate surface area is 117 Å². The largest absolute Gasteiger partial charge is 0.489 e. The summed E-state index contributed by atoms with van der Waals surface area (Å²) in [5.41, 5.74) is 1.95. The lowest BCUT2D eigenvalue weighted by Crippen LogP contribution is -2.00. The molecular weight excluding hydrogens is 254 g/mol. The zero-order valence-corrected chi connectivity index (χ0v) is 11.0. The number of benzene rings is 2. The van der Waals surface area contributed by atoms with Gasteiger partial charge in [-0.1, -0.05) is 43.0 Å². The lowest BCUT2D eigenvalue weighted by molar-refractivity contribution is -0.384. The molecule has 4 nitrogen and oxygen atoms in total. The molecule has 0 spiro atoms. The highest BCUT2D eigenvalue weighted by Crippen LogP contribution is 2.26. The van der Waals surface area contributed by atoms with Crippen LogP contribution >= 0.6 is 0 Å². The van der Waals surface area contributed by atoms with Crippen molar-refractivity contribution in [1.29, 1.82) is 0 Å². The fourth-order valence-electron chi connectivity index (χ4n) is 1.92. The SMILES string of the molecule is C=CCOc1ccc([N+](=O)[O-])cc1Cc1ccccc1. The fourth-order valence-corrected chi connectivity index (χ4v) is 1.92. The molecule has 0 radical (unpaired) electrons. The van der Waals surface area contributed by atoms with E-state index in [1.807, 2.05) is 30.3 Å². The van der Waals surface area contributed by atoms with Crippen molar-refractivity contribution in [3.05, 3.63) is 82.4 Å². The smallest absolute Gasteiger partial charge is 0.269 e. The van der Waals surface area contributed by atoms with Crippen LogP contribution in [0.2, 0.25) is 0 Å². The van der Waals surface area contributed by atoms with E-state index in [2.05, 4.69) is 6.58 Å². The number of nitro groups is 1. The number of ether oxygens (including phenoxy) is 1. The van der Waals surface area contributed by atoms with Gasteiger partial charge in [-0.2, -0.15) is 0 Å². The van der Waals surface area contributed by atoms with Crippen LogP contribution in [0.1, 0.15) is 11.1 Å². The Morgan fingerprint density at radius 2 is 1.95 bits per heavy atom. The molecule has 0 aliphatic rings. The van der Waals surface area contributed by atoms with Gasteiger partial charge in [0, 0.05) is 24.1 Å². The third kappa shape index (κ3) is 3.45. The molecule has 0 saturated carbocycles. The van der Waals surface area contributed by atoms with Crippen molar-refractivity contribution < 1.29 is 9.66 Å². The standard InChI is InChI=1S/C16H15NO3/c1-2-10-20-16-9-8-15(17(18)19)12-14(16)11-13-6-4-3-5-7-13/h2-9,12H,1,10-11H2. The molecule has 0 amide bonds. The molecule has 102 valence electrons. The summed E-state index contributed by atoms with van der Waals surface area (Å²) in [6.07, 6.45) is 2.24. The van der Waals surface area contributed by atoms with E-state index in [0.717, 1.165) is 11.1 Å². The van der Waals surface area contributed by atoms with Gasteiger partial charge in [-0.3, -0.25) is 10.1 Å². The van der Waals surface area contributed by atoms with Crippen molar-refractivity contribution >= 4 is 5.69 Å². The molecule has 0 aliphatic carbocycles. The molecule has 2 aromatic rings. The number of nitro benzene ring substituents is 1. The van der Waals surface area contributed by atoms with Gasteiger partial charge in [-0.05, 0) is 11.6 Å². The van der Waals surface area contributed by atoms with Crippen LogP contribution in [0.15, 0.2) is 61.2 Å². The van der Waals surface area contributed by atoms with E-state index in [1.54, 1.807) is 18.2 Å². The minimum absolute atomic E-state index is 0.0712. The van der Waals surface area contributed by atoms with Crippen LogP contribution in [0.3, 0.4) is 0 Å². The summed E-state index contributed by atoms with van der Waals surface area (Å²) in [4.78, 5) is 10.5. The maximum atomic E-state index is 10.9. The van der Waals surface area contributed by atoms with E-state index >= 15 is 0 Å². The highest BCUT2D eigenvalue weighted by Gasteiger charge is 2.12. The normalized spacial score (nSPS) is 10.0. The van der Waals surface area contributed by atoms with Crippen LogP contribution < -0.4 is 4.74 Å². The fraction of sp³-hybridized carbons (Fsp3) is 0.125. The highest BCUT2D eigenvalue weighted by atomic mass is 16.6. The quantitative estimate of drug-likeness (QED) is 0.456. The summed E-state index contributed by atoms with van der Waals surface area (Å²) in [7, 11) is 0. The predicted octanol–water partition coefficient (Wildman–Crippen LogP) is 3.75. The minimum atomic E-state index is -0.397. The maximum Gasteiger partial charge on any atom is 0.269 e. The van der Waals surface area contributed by atoms with E-state index < -0.39 is 4.92 Å². The van der Waals surface area contributed by atoms with Crippen molar-refractivity contribution in [3.8, 4) is 5.75 Å². The molecule has 0 bridgehead atoms. The Balaban J connectivity index is 2.33. The first-order valence-electron chi connectivity index (χ1n) is 6.25. The monoisotopic (exact) mass is 269 g/mol. The third-order valence-electron chi connectivity index (χ3n) is 2.85. The Hall–Kier alpha value is -2.62. The second-order valence-electron chi connectivity index (χ2n) is 4.31. The van der Waals surface area contributed by atoms with E-state index in [0.29, 0.717) is 18.8 Å². The van der Waals surface area contributed by atoms with Gasteiger partial charge in [-0.15, -0.1) is 0 Å². The Morgan fingerprint density at radius 3 is 2.60 bits per heavy atom. The first-order chi connectivity index (χ1) is 9.70. The number of non-ortho nitro benzene ring substituents is 1. The van der Waals surface area contributed by atoms with Gasteiger partial charge in [0.15, 0.2) is 0 Å². The third-order valence-corrected chi connectivity index (χ3v) is 2.85. The number of rotatable bonds is 6. The Bertz CT molecular complexity index is 608. The molecule has 0 aromatic heterocycles. The summed E-state index contributed by atoms with van der Waals surface area (Å²) >= 11 is 0. The van der Waals surface area contributed by atoms with Crippen LogP contribution in [0.5, 0.6) is 5.75 Å². The Kier molecular flexibility index (Phi) is 4.50. The molecule has 0 unspecified atom stereocenters. The van der Waals surface area contributed by atoms with E-state index in [1.165, 1.54) is 6.07 Å². The summed E-state index contributed by atoms with van der Waals surface area (Å²) in [5.74, 6) is 0.652. The number of hydrogen-bond donors (Lipinski definition) is 0. The summed E-state index contributed by atoms with van der Waals surface area (Å²) in [6, 6.07) is 14.4. The van der Waals surface area contributed by atoms with Gasteiger partial charge < -0.3 is 4.74 Å². The summed E-state index contributed by atoms with van der Waals surface area (Å²) in [6.45, 7) is 3.98. The second kappa shape index (κ2) is 6.52. The topological polar surface area (TPSA) is 52.4 Å². The zero-order chi connectivity index (χ0) is 14.4. The van der Waals surface area contributed by atoms with Crippen molar-refractivity contribution in [3.63, 3.8) is 0 Å². The first-order valence-corrected chi connectivity index (χ1v) is 6.25. The minimum Gasteiger partial charge on any atom is -0.489 e. The summed E-state index contributed by atoms with van der Waals surface area (Å²) < 4.78 is 5.55. The molecule has 0 saturated heterocycles. The number of hydrogen-bond acceptors (Lipinski definition) is 3.